The summed E-state index contributed by atoms with van der Waals surface area (Å²) in [5.74, 6) is 0.717. The van der Waals surface area contributed by atoms with Crippen molar-refractivity contribution in [3.8, 4) is 5.88 Å². The van der Waals surface area contributed by atoms with Crippen molar-refractivity contribution in [2.45, 2.75) is 31.9 Å². The van der Waals surface area contributed by atoms with Crippen molar-refractivity contribution in [2.75, 3.05) is 0 Å². The Morgan fingerprint density at radius 3 is 2.82 bits per heavy atom. The van der Waals surface area contributed by atoms with Gasteiger partial charge in [0.2, 0.25) is 5.88 Å². The number of hydrogen-bond acceptors (Lipinski definition) is 3. The van der Waals surface area contributed by atoms with Gasteiger partial charge >= 0.3 is 0 Å². The number of hydrogen-bond donors (Lipinski definition) is 1. The predicted octanol–water partition coefficient (Wildman–Crippen LogP) is 2.62. The summed E-state index contributed by atoms with van der Waals surface area (Å²) in [6, 6.07) is 10.0. The third-order valence-corrected chi connectivity index (χ3v) is 3.34. The van der Waals surface area contributed by atoms with Gasteiger partial charge in [-0.3, -0.25) is 0 Å². The van der Waals surface area contributed by atoms with E-state index in [-0.39, 0.29) is 0 Å². The molecule has 17 heavy (non-hydrogen) atoms. The van der Waals surface area contributed by atoms with Crippen LogP contribution in [0.2, 0.25) is 0 Å². The van der Waals surface area contributed by atoms with Gasteiger partial charge in [0.05, 0.1) is 5.52 Å². The number of fused-ring (bicyclic) bond motifs is 1. The highest BCUT2D eigenvalue weighted by atomic mass is 16.5. The monoisotopic (exact) mass is 228 g/mol. The number of rotatable bonds is 3. The maximum Gasteiger partial charge on any atom is 0.214 e. The van der Waals surface area contributed by atoms with E-state index in [1.54, 1.807) is 0 Å². The summed E-state index contributed by atoms with van der Waals surface area (Å²) in [5.41, 5.74) is 7.84. The van der Waals surface area contributed by atoms with Crippen LogP contribution in [0, 0.1) is 0 Å². The van der Waals surface area contributed by atoms with Gasteiger partial charge in [0.25, 0.3) is 0 Å². The molecule has 1 saturated carbocycles. The van der Waals surface area contributed by atoms with E-state index >= 15 is 0 Å². The van der Waals surface area contributed by atoms with E-state index in [1.165, 1.54) is 6.42 Å². The number of aromatic nitrogens is 1. The molecule has 0 bridgehead atoms. The molecule has 0 spiro atoms. The smallest absolute Gasteiger partial charge is 0.214 e. The van der Waals surface area contributed by atoms with Crippen LogP contribution in [-0.4, -0.2) is 11.1 Å². The lowest BCUT2D eigenvalue weighted by molar-refractivity contribution is 0.115. The number of para-hydroxylation sites is 1. The summed E-state index contributed by atoms with van der Waals surface area (Å²) in [6.07, 6.45) is 3.91. The molecule has 1 aromatic heterocycles. The molecule has 1 heterocycles. The van der Waals surface area contributed by atoms with Gasteiger partial charge in [0.15, 0.2) is 0 Å². The van der Waals surface area contributed by atoms with Crippen LogP contribution in [0.4, 0.5) is 0 Å². The maximum atomic E-state index is 5.83. The van der Waals surface area contributed by atoms with Crippen molar-refractivity contribution < 1.29 is 4.74 Å². The summed E-state index contributed by atoms with van der Waals surface area (Å²) in [6.45, 7) is 0.518. The summed E-state index contributed by atoms with van der Waals surface area (Å²) < 4.78 is 5.83. The van der Waals surface area contributed by atoms with Crippen molar-refractivity contribution in [3.63, 3.8) is 0 Å². The fourth-order valence-electron chi connectivity index (χ4n) is 2.11. The van der Waals surface area contributed by atoms with Gasteiger partial charge in [0, 0.05) is 18.0 Å². The summed E-state index contributed by atoms with van der Waals surface area (Å²) >= 11 is 0. The van der Waals surface area contributed by atoms with Crippen LogP contribution < -0.4 is 10.5 Å². The molecule has 0 atom stereocenters. The van der Waals surface area contributed by atoms with Crippen LogP contribution in [-0.2, 0) is 6.54 Å². The predicted molar refractivity (Wildman–Crippen MR) is 67.9 cm³/mol. The molecule has 88 valence electrons. The Hall–Kier alpha value is -1.61. The van der Waals surface area contributed by atoms with Gasteiger partial charge in [0.1, 0.15) is 6.10 Å². The van der Waals surface area contributed by atoms with Gasteiger partial charge in [-0.25, -0.2) is 4.98 Å². The lowest BCUT2D eigenvalue weighted by Crippen LogP contribution is -2.25. The maximum absolute atomic E-state index is 5.83. The van der Waals surface area contributed by atoms with E-state index in [0.717, 1.165) is 29.3 Å². The molecule has 1 aliphatic rings. The van der Waals surface area contributed by atoms with Crippen LogP contribution in [0.5, 0.6) is 5.88 Å². The third-order valence-electron chi connectivity index (χ3n) is 3.34. The van der Waals surface area contributed by atoms with Gasteiger partial charge in [-0.15, -0.1) is 0 Å². The topological polar surface area (TPSA) is 48.1 Å². The first-order valence-electron chi connectivity index (χ1n) is 6.12. The van der Waals surface area contributed by atoms with Crippen molar-refractivity contribution in [3.05, 3.63) is 35.9 Å². The Morgan fingerprint density at radius 1 is 1.29 bits per heavy atom. The van der Waals surface area contributed by atoms with Crippen LogP contribution >= 0.6 is 0 Å². The van der Waals surface area contributed by atoms with Gasteiger partial charge in [-0.1, -0.05) is 18.2 Å². The van der Waals surface area contributed by atoms with Crippen LogP contribution in [0.15, 0.2) is 30.3 Å². The lowest BCUT2D eigenvalue weighted by atomic mass is 9.96. The number of benzene rings is 1. The average molecular weight is 228 g/mol. The summed E-state index contributed by atoms with van der Waals surface area (Å²) in [7, 11) is 0. The standard InChI is InChI=1S/C14H16N2O/c15-9-10-8-14(17-11-4-3-5-11)16-13-7-2-1-6-12(10)13/h1-2,6-8,11H,3-5,9,15H2. The van der Waals surface area contributed by atoms with E-state index in [4.69, 9.17) is 10.5 Å². The molecule has 1 aromatic carbocycles. The fourth-order valence-corrected chi connectivity index (χ4v) is 2.11. The zero-order valence-electron chi connectivity index (χ0n) is 9.73. The molecule has 0 saturated heterocycles. The zero-order valence-corrected chi connectivity index (χ0v) is 9.73. The fraction of sp³-hybridized carbons (Fsp3) is 0.357. The number of ether oxygens (including phenoxy) is 1. The molecule has 3 heteroatoms. The minimum absolute atomic E-state index is 0.356. The number of nitrogens with two attached hydrogens (primary N) is 1. The second-order valence-corrected chi connectivity index (χ2v) is 4.51. The SMILES string of the molecule is NCc1cc(OC2CCC2)nc2ccccc12. The molecule has 0 unspecified atom stereocenters. The molecule has 1 fully saturated rings. The first-order chi connectivity index (χ1) is 8.36. The largest absolute Gasteiger partial charge is 0.474 e. The molecule has 0 amide bonds. The van der Waals surface area contributed by atoms with Crippen LogP contribution in [0.3, 0.4) is 0 Å². The van der Waals surface area contributed by atoms with Crippen molar-refractivity contribution in [1.29, 1.82) is 0 Å². The second kappa shape index (κ2) is 4.34. The van der Waals surface area contributed by atoms with Crippen molar-refractivity contribution >= 4 is 10.9 Å². The van der Waals surface area contributed by atoms with Crippen LogP contribution in [0.1, 0.15) is 24.8 Å². The number of nitrogens with zero attached hydrogens (tertiary/aromatic N) is 1. The van der Waals surface area contributed by atoms with E-state index in [1.807, 2.05) is 24.3 Å². The molecule has 0 radical (unpaired) electrons. The van der Waals surface area contributed by atoms with E-state index in [0.29, 0.717) is 18.5 Å². The first kappa shape index (κ1) is 10.5. The second-order valence-electron chi connectivity index (χ2n) is 4.51. The Morgan fingerprint density at radius 2 is 2.12 bits per heavy atom. The molecule has 2 aromatic rings. The average Bonchev–Trinajstić information content (AvgIpc) is 2.33. The highest BCUT2D eigenvalue weighted by molar-refractivity contribution is 5.82. The van der Waals surface area contributed by atoms with E-state index in [9.17, 15) is 0 Å². The Balaban J connectivity index is 2.01. The molecular formula is C14H16N2O. The third kappa shape index (κ3) is 1.98. The minimum Gasteiger partial charge on any atom is -0.474 e. The normalized spacial score (nSPS) is 15.8. The molecular weight excluding hydrogens is 212 g/mol. The Labute approximate surface area is 101 Å². The van der Waals surface area contributed by atoms with Gasteiger partial charge in [-0.2, -0.15) is 0 Å². The molecule has 0 aliphatic heterocycles. The van der Waals surface area contributed by atoms with E-state index < -0.39 is 0 Å². The van der Waals surface area contributed by atoms with Gasteiger partial charge in [-0.05, 0) is 30.9 Å². The Bertz CT molecular complexity index is 535. The lowest BCUT2D eigenvalue weighted by Gasteiger charge is -2.26. The van der Waals surface area contributed by atoms with Crippen LogP contribution in [0.25, 0.3) is 10.9 Å². The minimum atomic E-state index is 0.356. The highest BCUT2D eigenvalue weighted by Gasteiger charge is 2.20. The summed E-state index contributed by atoms with van der Waals surface area (Å²) in [5, 5.41) is 1.12. The zero-order chi connectivity index (χ0) is 11.7. The van der Waals surface area contributed by atoms with Crippen molar-refractivity contribution in [2.24, 2.45) is 5.73 Å². The molecule has 3 nitrogen and oxygen atoms in total. The Kier molecular flexibility index (Phi) is 2.69. The van der Waals surface area contributed by atoms with Crippen molar-refractivity contribution in [1.82, 2.24) is 4.98 Å². The highest BCUT2D eigenvalue weighted by Crippen LogP contribution is 2.27. The first-order valence-corrected chi connectivity index (χ1v) is 6.12. The summed E-state index contributed by atoms with van der Waals surface area (Å²) in [4.78, 5) is 4.53. The quantitative estimate of drug-likeness (QED) is 0.878. The van der Waals surface area contributed by atoms with Gasteiger partial charge < -0.3 is 10.5 Å². The number of pyridine rings is 1. The molecule has 2 N–H and O–H groups in total. The molecule has 1 aliphatic carbocycles. The molecule has 3 rings (SSSR count). The van der Waals surface area contributed by atoms with E-state index in [2.05, 4.69) is 11.1 Å².